The zero-order valence-electron chi connectivity index (χ0n) is 15.7. The summed E-state index contributed by atoms with van der Waals surface area (Å²) in [6.45, 7) is 8.48. The van der Waals surface area contributed by atoms with E-state index in [-0.39, 0.29) is 36.1 Å². The predicted molar refractivity (Wildman–Crippen MR) is 108 cm³/mol. The molecule has 1 aliphatic heterocycles. The summed E-state index contributed by atoms with van der Waals surface area (Å²) in [4.78, 5) is 21.1. The van der Waals surface area contributed by atoms with Crippen molar-refractivity contribution in [2.24, 2.45) is 10.9 Å². The van der Waals surface area contributed by atoms with Crippen molar-refractivity contribution in [1.29, 1.82) is 0 Å². The molecule has 0 aromatic carbocycles. The summed E-state index contributed by atoms with van der Waals surface area (Å²) >= 11 is 0. The first-order valence-electron chi connectivity index (χ1n) is 8.73. The average molecular weight is 452 g/mol. The zero-order chi connectivity index (χ0) is 17.0. The Morgan fingerprint density at radius 2 is 1.83 bits per heavy atom. The second kappa shape index (κ2) is 9.10. The van der Waals surface area contributed by atoms with E-state index in [0.717, 1.165) is 38.4 Å². The number of guanidine groups is 1. The Hall–Kier alpha value is -0.730. The molecule has 2 fully saturated rings. The van der Waals surface area contributed by atoms with E-state index in [1.165, 1.54) is 12.8 Å². The molecule has 140 valence electrons. The average Bonchev–Trinajstić information content (AvgIpc) is 3.29. The maximum Gasteiger partial charge on any atom is 0.410 e. The van der Waals surface area contributed by atoms with Gasteiger partial charge in [-0.05, 0) is 52.4 Å². The fraction of sp³-hybridized carbons (Fsp3) is 0.882. The molecule has 1 heterocycles. The highest BCUT2D eigenvalue weighted by atomic mass is 127. The van der Waals surface area contributed by atoms with E-state index in [1.54, 1.807) is 7.05 Å². The van der Waals surface area contributed by atoms with Crippen LogP contribution >= 0.6 is 24.0 Å². The van der Waals surface area contributed by atoms with Gasteiger partial charge < -0.3 is 19.9 Å². The number of likely N-dealkylation sites (tertiary alicyclic amines) is 1. The lowest BCUT2D eigenvalue weighted by Gasteiger charge is -2.40. The molecular formula is C17H33IN4O2. The fourth-order valence-electron chi connectivity index (χ4n) is 3.07. The number of piperidine rings is 1. The molecule has 7 heteroatoms. The molecule has 6 nitrogen and oxygen atoms in total. The topological polar surface area (TPSA) is 57.2 Å². The van der Waals surface area contributed by atoms with Crippen LogP contribution < -0.4 is 5.32 Å². The SMILES string of the molecule is CN=C(NC)N1CCC(N(CC2CC2)C(=O)OC(C)(C)C)CC1.I. The van der Waals surface area contributed by atoms with Gasteiger partial charge in [0.2, 0.25) is 0 Å². The van der Waals surface area contributed by atoms with Crippen molar-refractivity contribution in [3.05, 3.63) is 0 Å². The number of carbonyl (C=O) groups excluding carboxylic acids is 1. The maximum absolute atomic E-state index is 12.6. The molecule has 1 N–H and O–H groups in total. The van der Waals surface area contributed by atoms with Gasteiger partial charge in [-0.2, -0.15) is 0 Å². The van der Waals surface area contributed by atoms with Crippen LogP contribution in [0.3, 0.4) is 0 Å². The van der Waals surface area contributed by atoms with Crippen LogP contribution in [0.2, 0.25) is 0 Å². The highest BCUT2D eigenvalue weighted by Gasteiger charge is 2.35. The first kappa shape index (κ1) is 21.3. The number of carbonyl (C=O) groups is 1. The number of aliphatic imine (C=N–C) groups is 1. The van der Waals surface area contributed by atoms with Crippen molar-refractivity contribution < 1.29 is 9.53 Å². The fourth-order valence-corrected chi connectivity index (χ4v) is 3.07. The van der Waals surface area contributed by atoms with Gasteiger partial charge in [0.15, 0.2) is 5.96 Å². The van der Waals surface area contributed by atoms with E-state index in [4.69, 9.17) is 4.74 Å². The third-order valence-corrected chi connectivity index (χ3v) is 4.42. The van der Waals surface area contributed by atoms with Crippen molar-refractivity contribution >= 4 is 36.0 Å². The molecule has 0 atom stereocenters. The largest absolute Gasteiger partial charge is 0.444 e. The summed E-state index contributed by atoms with van der Waals surface area (Å²) in [6.07, 6.45) is 4.26. The molecule has 2 aliphatic rings. The lowest BCUT2D eigenvalue weighted by atomic mass is 10.0. The summed E-state index contributed by atoms with van der Waals surface area (Å²) in [5.41, 5.74) is -0.437. The number of nitrogens with zero attached hydrogens (tertiary/aromatic N) is 3. The predicted octanol–water partition coefficient (Wildman–Crippen LogP) is 2.92. The molecule has 0 radical (unpaired) electrons. The molecule has 0 spiro atoms. The lowest BCUT2D eigenvalue weighted by Crippen LogP contribution is -2.52. The van der Waals surface area contributed by atoms with E-state index in [9.17, 15) is 4.79 Å². The van der Waals surface area contributed by atoms with E-state index >= 15 is 0 Å². The van der Waals surface area contributed by atoms with E-state index in [0.29, 0.717) is 5.92 Å². The Balaban J connectivity index is 0.00000288. The van der Waals surface area contributed by atoms with Crippen molar-refractivity contribution in [3.8, 4) is 0 Å². The van der Waals surface area contributed by atoms with Crippen molar-refractivity contribution in [2.45, 2.75) is 58.1 Å². The van der Waals surface area contributed by atoms with Gasteiger partial charge in [0.05, 0.1) is 0 Å². The summed E-state index contributed by atoms with van der Waals surface area (Å²) in [5.74, 6) is 1.60. The number of amides is 1. The monoisotopic (exact) mass is 452 g/mol. The van der Waals surface area contributed by atoms with E-state index < -0.39 is 5.60 Å². The standard InChI is InChI=1S/C17H32N4O2.HI/c1-17(2,3)23-16(22)21(12-13-6-7-13)14-8-10-20(11-9-14)15(18-4)19-5;/h13-14H,6-12H2,1-5H3,(H,18,19);1H. The van der Waals surface area contributed by atoms with Gasteiger partial charge in [0, 0.05) is 39.8 Å². The number of nitrogens with one attached hydrogen (secondary N) is 1. The zero-order valence-corrected chi connectivity index (χ0v) is 18.0. The first-order valence-corrected chi connectivity index (χ1v) is 8.73. The molecule has 2 rings (SSSR count). The Labute approximate surface area is 163 Å². The van der Waals surface area contributed by atoms with Crippen molar-refractivity contribution in [2.75, 3.05) is 33.7 Å². The second-order valence-electron chi connectivity index (χ2n) is 7.59. The first-order chi connectivity index (χ1) is 10.8. The quantitative estimate of drug-likeness (QED) is 0.407. The number of ether oxygens (including phenoxy) is 1. The van der Waals surface area contributed by atoms with Gasteiger partial charge >= 0.3 is 6.09 Å². The molecule has 0 unspecified atom stereocenters. The minimum absolute atomic E-state index is 0. The highest BCUT2D eigenvalue weighted by molar-refractivity contribution is 14.0. The van der Waals surface area contributed by atoms with Crippen LogP contribution in [0.5, 0.6) is 0 Å². The van der Waals surface area contributed by atoms with Crippen LogP contribution in [0, 0.1) is 5.92 Å². The maximum atomic E-state index is 12.6. The molecule has 1 aliphatic carbocycles. The Morgan fingerprint density at radius 1 is 1.25 bits per heavy atom. The van der Waals surface area contributed by atoms with E-state index in [1.807, 2.05) is 32.7 Å². The van der Waals surface area contributed by atoms with Crippen LogP contribution in [0.25, 0.3) is 0 Å². The van der Waals surface area contributed by atoms with Gasteiger partial charge in [-0.15, -0.1) is 24.0 Å². The molecule has 1 saturated carbocycles. The minimum atomic E-state index is -0.437. The number of hydrogen-bond acceptors (Lipinski definition) is 3. The van der Waals surface area contributed by atoms with Crippen LogP contribution in [0.15, 0.2) is 4.99 Å². The van der Waals surface area contributed by atoms with Gasteiger partial charge in [-0.1, -0.05) is 0 Å². The second-order valence-corrected chi connectivity index (χ2v) is 7.59. The minimum Gasteiger partial charge on any atom is -0.444 e. The molecule has 1 saturated heterocycles. The Morgan fingerprint density at radius 3 is 2.25 bits per heavy atom. The number of halogens is 1. The normalized spacial score (nSPS) is 19.5. The summed E-state index contributed by atoms with van der Waals surface area (Å²) in [7, 11) is 3.70. The Kier molecular flexibility index (Phi) is 8.08. The Bertz CT molecular complexity index is 438. The van der Waals surface area contributed by atoms with Crippen molar-refractivity contribution in [1.82, 2.24) is 15.1 Å². The molecular weight excluding hydrogens is 419 g/mol. The van der Waals surface area contributed by atoms with Crippen LogP contribution in [-0.4, -0.2) is 67.2 Å². The summed E-state index contributed by atoms with van der Waals surface area (Å²) in [5, 5.41) is 3.13. The number of rotatable bonds is 3. The third-order valence-electron chi connectivity index (χ3n) is 4.42. The molecule has 0 aromatic heterocycles. The van der Waals surface area contributed by atoms with Gasteiger partial charge in [-0.3, -0.25) is 4.99 Å². The van der Waals surface area contributed by atoms with Gasteiger partial charge in [0.25, 0.3) is 0 Å². The lowest BCUT2D eigenvalue weighted by molar-refractivity contribution is 0.00929. The van der Waals surface area contributed by atoms with E-state index in [2.05, 4.69) is 15.2 Å². The molecule has 0 bridgehead atoms. The van der Waals surface area contributed by atoms with Crippen LogP contribution in [0.4, 0.5) is 4.79 Å². The molecule has 24 heavy (non-hydrogen) atoms. The summed E-state index contributed by atoms with van der Waals surface area (Å²) < 4.78 is 5.64. The van der Waals surface area contributed by atoms with Crippen LogP contribution in [-0.2, 0) is 4.74 Å². The van der Waals surface area contributed by atoms with Crippen molar-refractivity contribution in [3.63, 3.8) is 0 Å². The highest BCUT2D eigenvalue weighted by Crippen LogP contribution is 2.32. The van der Waals surface area contributed by atoms with Gasteiger partial charge in [-0.25, -0.2) is 4.79 Å². The van der Waals surface area contributed by atoms with Crippen LogP contribution in [0.1, 0.15) is 46.5 Å². The van der Waals surface area contributed by atoms with Gasteiger partial charge in [0.1, 0.15) is 5.60 Å². The summed E-state index contributed by atoms with van der Waals surface area (Å²) in [6, 6.07) is 0.275. The third kappa shape index (κ3) is 6.29. The molecule has 1 amide bonds. The molecule has 0 aromatic rings. The smallest absolute Gasteiger partial charge is 0.410 e. The number of hydrogen-bond donors (Lipinski definition) is 1.